The van der Waals surface area contributed by atoms with E-state index in [0.29, 0.717) is 22.4 Å². The van der Waals surface area contributed by atoms with Crippen molar-refractivity contribution in [2.75, 3.05) is 11.9 Å². The molecule has 0 atom stereocenters. The predicted octanol–water partition coefficient (Wildman–Crippen LogP) is 7.43. The van der Waals surface area contributed by atoms with Gasteiger partial charge in [-0.3, -0.25) is 24.4 Å². The number of aryl methyl sites for hydroxylation is 1. The lowest BCUT2D eigenvalue weighted by atomic mass is 10.1. The molecule has 1 heterocycles. The maximum Gasteiger partial charge on any atom is 0.439 e. The number of rotatable bonds is 11. The summed E-state index contributed by atoms with van der Waals surface area (Å²) in [4.78, 5) is 83.5. The van der Waals surface area contributed by atoms with Gasteiger partial charge in [0.15, 0.2) is 5.82 Å². The summed E-state index contributed by atoms with van der Waals surface area (Å²) < 4.78 is 26.1. The van der Waals surface area contributed by atoms with Crippen molar-refractivity contribution < 1.29 is 47.4 Å². The number of hydrogen-bond acceptors (Lipinski definition) is 12. The Kier molecular flexibility index (Phi) is 15.0. The van der Waals surface area contributed by atoms with E-state index in [2.05, 4.69) is 30.3 Å². The number of aliphatic imine (C=N–C) groups is 1. The molecule has 3 N–H and O–H groups in total. The maximum atomic E-state index is 13.6. The molecule has 0 spiro atoms. The minimum Gasteiger partial charge on any atom is -0.459 e. The predicted molar refractivity (Wildman–Crippen MR) is 222 cm³/mol. The average Bonchev–Trinajstić information content (AvgIpc) is 3.55. The van der Waals surface area contributed by atoms with E-state index in [-0.39, 0.29) is 60.0 Å². The standard InChI is InChI=1S/C42H49ClN6O11/c1-40(2,3)57-33(51)24-49(23-25-11-10-12-28(21-25)34-45-39(55)60-48-34)32(50)20-16-26-15-19-30(22-31(26)43)56-35(52)27-13-17-29(18-14-27)44-36(46-37(53)58-41(4,5)6)47-38(54)59-42(7,8)9/h10-15,17-19,21-22H,16,20,23-24H2,1-9H3,(H,45,48,55)(H2,44,46,47,53,54). The van der Waals surface area contributed by atoms with Crippen LogP contribution in [-0.4, -0.2) is 74.4 Å². The summed E-state index contributed by atoms with van der Waals surface area (Å²) in [6, 6.07) is 17.5. The first-order valence-corrected chi connectivity index (χ1v) is 19.1. The highest BCUT2D eigenvalue weighted by Gasteiger charge is 2.24. The Labute approximate surface area is 351 Å². The van der Waals surface area contributed by atoms with Crippen molar-refractivity contribution in [3.63, 3.8) is 0 Å². The molecular weight excluding hydrogens is 800 g/mol. The number of aromatic nitrogens is 2. The van der Waals surface area contributed by atoms with E-state index in [1.807, 2.05) is 0 Å². The third-order valence-corrected chi connectivity index (χ3v) is 7.90. The van der Waals surface area contributed by atoms with Gasteiger partial charge in [0, 0.05) is 29.2 Å². The first-order chi connectivity index (χ1) is 27.9. The van der Waals surface area contributed by atoms with Crippen molar-refractivity contribution >= 4 is 53.3 Å². The number of ether oxygens (including phenoxy) is 4. The highest BCUT2D eigenvalue weighted by atomic mass is 35.5. The van der Waals surface area contributed by atoms with Gasteiger partial charge in [-0.1, -0.05) is 41.0 Å². The molecule has 18 heteroatoms. The molecule has 1 aromatic heterocycles. The van der Waals surface area contributed by atoms with E-state index in [1.54, 1.807) is 98.7 Å². The number of nitrogens with zero attached hydrogens (tertiary/aromatic N) is 3. The molecule has 0 aliphatic carbocycles. The Morgan fingerprint density at radius 3 is 2.12 bits per heavy atom. The lowest BCUT2D eigenvalue weighted by molar-refractivity contribution is -0.159. The Hall–Kier alpha value is -6.49. The van der Waals surface area contributed by atoms with E-state index >= 15 is 0 Å². The summed E-state index contributed by atoms with van der Waals surface area (Å²) in [5, 5.41) is 9.16. The maximum absolute atomic E-state index is 13.6. The first kappa shape index (κ1) is 46.2. The first-order valence-electron chi connectivity index (χ1n) is 18.8. The summed E-state index contributed by atoms with van der Waals surface area (Å²) in [6.45, 7) is 15.0. The van der Waals surface area contributed by atoms with Crippen molar-refractivity contribution in [3.8, 4) is 17.1 Å². The fraction of sp³-hybridized carbons (Fsp3) is 0.381. The molecule has 0 saturated carbocycles. The largest absolute Gasteiger partial charge is 0.459 e. The number of amides is 3. The van der Waals surface area contributed by atoms with E-state index in [0.717, 1.165) is 0 Å². The lowest BCUT2D eigenvalue weighted by Gasteiger charge is -2.25. The monoisotopic (exact) mass is 848 g/mol. The number of carbonyl (C=O) groups is 5. The van der Waals surface area contributed by atoms with E-state index < -0.39 is 46.7 Å². The number of hydrogen-bond donors (Lipinski definition) is 3. The third-order valence-electron chi connectivity index (χ3n) is 7.55. The van der Waals surface area contributed by atoms with Crippen LogP contribution < -0.4 is 21.1 Å². The molecule has 60 heavy (non-hydrogen) atoms. The van der Waals surface area contributed by atoms with Gasteiger partial charge in [-0.15, -0.1) is 4.99 Å². The molecule has 320 valence electrons. The SMILES string of the molecule is CC(C)(C)OC(=O)CN(Cc1cccc(-c2noc(=O)[nH]2)c1)C(=O)CCc1ccc(OC(=O)c2ccc(N/C(=N\C(=O)OC(C)(C)C)NC(=O)OC(C)(C)C)cc2)cc1Cl. The molecule has 3 aromatic carbocycles. The average molecular weight is 849 g/mol. The van der Waals surface area contributed by atoms with Crippen LogP contribution in [0.25, 0.3) is 11.4 Å². The van der Waals surface area contributed by atoms with Crippen molar-refractivity contribution in [2.45, 2.75) is 98.5 Å². The van der Waals surface area contributed by atoms with Gasteiger partial charge in [-0.25, -0.2) is 19.2 Å². The molecule has 4 aromatic rings. The number of guanidine groups is 1. The number of carbonyl (C=O) groups excluding carboxylic acids is 5. The summed E-state index contributed by atoms with van der Waals surface area (Å²) in [6.07, 6.45) is -1.64. The van der Waals surface area contributed by atoms with Crippen molar-refractivity contribution in [2.24, 2.45) is 4.99 Å². The van der Waals surface area contributed by atoms with Crippen LogP contribution in [0.4, 0.5) is 15.3 Å². The molecule has 4 rings (SSSR count). The normalized spacial score (nSPS) is 11.9. The zero-order chi connectivity index (χ0) is 44.4. The minimum absolute atomic E-state index is 0.0180. The minimum atomic E-state index is -0.958. The Morgan fingerprint density at radius 1 is 0.850 bits per heavy atom. The number of H-pyrrole nitrogens is 1. The van der Waals surface area contributed by atoms with Crippen LogP contribution in [0.5, 0.6) is 5.75 Å². The van der Waals surface area contributed by atoms with Gasteiger partial charge in [-0.2, -0.15) is 0 Å². The molecule has 0 bridgehead atoms. The number of halogens is 1. The Bertz CT molecular complexity index is 2280. The summed E-state index contributed by atoms with van der Waals surface area (Å²) in [5.74, 6) is -2.25. The Morgan fingerprint density at radius 2 is 1.52 bits per heavy atom. The molecule has 0 aliphatic heterocycles. The van der Waals surface area contributed by atoms with Gasteiger partial charge >= 0.3 is 29.9 Å². The van der Waals surface area contributed by atoms with E-state index in [4.69, 9.17) is 30.5 Å². The van der Waals surface area contributed by atoms with Gasteiger partial charge in [0.25, 0.3) is 0 Å². The topological polar surface area (TPSA) is 221 Å². The number of benzene rings is 3. The summed E-state index contributed by atoms with van der Waals surface area (Å²) >= 11 is 6.58. The van der Waals surface area contributed by atoms with Gasteiger partial charge in [-0.05, 0) is 122 Å². The van der Waals surface area contributed by atoms with E-state index in [1.165, 1.54) is 35.2 Å². The zero-order valence-corrected chi connectivity index (χ0v) is 35.6. The molecule has 0 aliphatic rings. The van der Waals surface area contributed by atoms with Crippen LogP contribution in [0.15, 0.2) is 81.0 Å². The fourth-order valence-corrected chi connectivity index (χ4v) is 5.47. The molecule has 0 saturated heterocycles. The fourth-order valence-electron chi connectivity index (χ4n) is 5.20. The van der Waals surface area contributed by atoms with Crippen LogP contribution in [0.3, 0.4) is 0 Å². The third kappa shape index (κ3) is 15.7. The molecule has 0 fully saturated rings. The van der Waals surface area contributed by atoms with Crippen LogP contribution in [0, 0.1) is 0 Å². The van der Waals surface area contributed by atoms with Gasteiger partial charge in [0.1, 0.15) is 29.1 Å². The quantitative estimate of drug-likeness (QED) is 0.0440. The van der Waals surface area contributed by atoms with Crippen molar-refractivity contribution in [3.05, 3.63) is 99.0 Å². The number of nitrogens with one attached hydrogen (secondary N) is 3. The number of aromatic amines is 1. The second-order valence-electron chi connectivity index (χ2n) is 16.4. The highest BCUT2D eigenvalue weighted by molar-refractivity contribution is 6.31. The Balaban J connectivity index is 1.41. The zero-order valence-electron chi connectivity index (χ0n) is 34.9. The van der Waals surface area contributed by atoms with E-state index in [9.17, 15) is 28.8 Å². The summed E-state index contributed by atoms with van der Waals surface area (Å²) in [7, 11) is 0. The second-order valence-corrected chi connectivity index (χ2v) is 16.8. The molecule has 3 amide bonds. The highest BCUT2D eigenvalue weighted by Crippen LogP contribution is 2.26. The van der Waals surface area contributed by atoms with Gasteiger partial charge in [0.2, 0.25) is 11.9 Å². The summed E-state index contributed by atoms with van der Waals surface area (Å²) in [5.41, 5.74) is -0.0907. The van der Waals surface area contributed by atoms with Crippen molar-refractivity contribution in [1.29, 1.82) is 0 Å². The number of esters is 2. The molecule has 17 nitrogen and oxygen atoms in total. The smallest absolute Gasteiger partial charge is 0.439 e. The molecule has 0 radical (unpaired) electrons. The van der Waals surface area contributed by atoms with Crippen molar-refractivity contribution in [1.82, 2.24) is 20.4 Å². The van der Waals surface area contributed by atoms with Crippen LogP contribution >= 0.6 is 11.6 Å². The van der Waals surface area contributed by atoms with Gasteiger partial charge < -0.3 is 29.2 Å². The van der Waals surface area contributed by atoms with Gasteiger partial charge in [0.05, 0.1) is 5.56 Å². The van der Waals surface area contributed by atoms with Crippen LogP contribution in [0.1, 0.15) is 90.2 Å². The van der Waals surface area contributed by atoms with Crippen LogP contribution in [-0.2, 0) is 36.8 Å². The molecule has 0 unspecified atom stereocenters. The molecular formula is C42H49ClN6O11. The second kappa shape index (κ2) is 19.5. The lowest BCUT2D eigenvalue weighted by Crippen LogP contribution is -2.40. The number of alkyl carbamates (subject to hydrolysis) is 1. The number of anilines is 1. The van der Waals surface area contributed by atoms with Crippen LogP contribution in [0.2, 0.25) is 5.02 Å².